The van der Waals surface area contributed by atoms with Gasteiger partial charge in [0.2, 0.25) is 11.9 Å². The number of anilines is 2. The fourth-order valence-electron chi connectivity index (χ4n) is 1.48. The monoisotopic (exact) mass is 260 g/mol. The molecule has 0 amide bonds. The Kier molecular flexibility index (Phi) is 4.09. The molecule has 2 aromatic rings. The van der Waals surface area contributed by atoms with Gasteiger partial charge in [0.25, 0.3) is 0 Å². The van der Waals surface area contributed by atoms with Gasteiger partial charge in [-0.25, -0.2) is 5.84 Å². The Balaban J connectivity index is 2.08. The van der Waals surface area contributed by atoms with Crippen molar-refractivity contribution in [3.8, 4) is 6.01 Å². The van der Waals surface area contributed by atoms with Crippen LogP contribution in [-0.4, -0.2) is 22.1 Å². The van der Waals surface area contributed by atoms with Gasteiger partial charge in [-0.2, -0.15) is 15.0 Å². The van der Waals surface area contributed by atoms with Gasteiger partial charge in [0.1, 0.15) is 0 Å². The zero-order valence-electron chi connectivity index (χ0n) is 10.8. The summed E-state index contributed by atoms with van der Waals surface area (Å²) < 4.78 is 4.97. The smallest absolute Gasteiger partial charge is 0.322 e. The Morgan fingerprint density at radius 3 is 2.42 bits per heavy atom. The molecule has 0 fully saturated rings. The molecule has 0 aliphatic rings. The van der Waals surface area contributed by atoms with Gasteiger partial charge >= 0.3 is 6.01 Å². The summed E-state index contributed by atoms with van der Waals surface area (Å²) in [5.41, 5.74) is 4.72. The first-order valence-electron chi connectivity index (χ1n) is 5.77. The molecule has 4 N–H and O–H groups in total. The molecule has 100 valence electrons. The third-order valence-electron chi connectivity index (χ3n) is 2.50. The number of rotatable bonds is 5. The Morgan fingerprint density at radius 1 is 1.11 bits per heavy atom. The van der Waals surface area contributed by atoms with Crippen LogP contribution in [0, 0.1) is 6.92 Å². The molecule has 0 bridgehead atoms. The number of aromatic nitrogens is 3. The summed E-state index contributed by atoms with van der Waals surface area (Å²) in [4.78, 5) is 12.1. The average molecular weight is 260 g/mol. The zero-order valence-corrected chi connectivity index (χ0v) is 10.8. The number of methoxy groups -OCH3 is 1. The van der Waals surface area contributed by atoms with E-state index in [9.17, 15) is 0 Å². The van der Waals surface area contributed by atoms with Crippen LogP contribution in [0.1, 0.15) is 11.1 Å². The molecule has 0 atom stereocenters. The molecular formula is C12H16N6O. The van der Waals surface area contributed by atoms with Crippen molar-refractivity contribution in [1.82, 2.24) is 15.0 Å². The molecule has 19 heavy (non-hydrogen) atoms. The standard InChI is InChI=1S/C12H16N6O/c1-8-3-5-9(6-4-8)7-14-10-15-11(18-13)17-12(16-10)19-2/h3-6H,7,13H2,1-2H3,(H2,14,15,16,17,18). The first-order valence-corrected chi connectivity index (χ1v) is 5.77. The van der Waals surface area contributed by atoms with Crippen LogP contribution in [0.5, 0.6) is 6.01 Å². The lowest BCUT2D eigenvalue weighted by atomic mass is 10.1. The lowest BCUT2D eigenvalue weighted by molar-refractivity contribution is 0.379. The first kappa shape index (κ1) is 13.0. The highest BCUT2D eigenvalue weighted by atomic mass is 16.5. The molecular weight excluding hydrogens is 244 g/mol. The second-order valence-corrected chi connectivity index (χ2v) is 3.95. The Labute approximate surface area is 111 Å². The molecule has 2 rings (SSSR count). The number of nitrogens with two attached hydrogens (primary N) is 1. The van der Waals surface area contributed by atoms with Crippen LogP contribution < -0.4 is 21.3 Å². The molecule has 1 aromatic heterocycles. The van der Waals surface area contributed by atoms with Crippen LogP contribution in [0.25, 0.3) is 0 Å². The fraction of sp³-hybridized carbons (Fsp3) is 0.250. The van der Waals surface area contributed by atoms with Crippen LogP contribution in [-0.2, 0) is 6.54 Å². The van der Waals surface area contributed by atoms with Gasteiger partial charge in [0, 0.05) is 6.54 Å². The molecule has 0 saturated heterocycles. The van der Waals surface area contributed by atoms with E-state index in [0.717, 1.165) is 5.56 Å². The van der Waals surface area contributed by atoms with Crippen LogP contribution in [0.4, 0.5) is 11.9 Å². The van der Waals surface area contributed by atoms with Crippen molar-refractivity contribution < 1.29 is 4.74 Å². The Bertz CT molecular complexity index is 520. The SMILES string of the molecule is COc1nc(NN)nc(NCc2ccc(C)cc2)n1. The highest BCUT2D eigenvalue weighted by Gasteiger charge is 2.05. The number of nitrogens with one attached hydrogen (secondary N) is 2. The Hall–Kier alpha value is -2.41. The largest absolute Gasteiger partial charge is 0.467 e. The van der Waals surface area contributed by atoms with Crippen molar-refractivity contribution in [1.29, 1.82) is 0 Å². The molecule has 7 heteroatoms. The summed E-state index contributed by atoms with van der Waals surface area (Å²) in [6.07, 6.45) is 0. The highest BCUT2D eigenvalue weighted by molar-refractivity contribution is 5.36. The summed E-state index contributed by atoms with van der Waals surface area (Å²) in [7, 11) is 1.49. The van der Waals surface area contributed by atoms with Gasteiger partial charge in [-0.3, -0.25) is 5.43 Å². The van der Waals surface area contributed by atoms with E-state index in [1.807, 2.05) is 19.1 Å². The minimum Gasteiger partial charge on any atom is -0.467 e. The minimum absolute atomic E-state index is 0.203. The molecule has 1 aromatic carbocycles. The maximum Gasteiger partial charge on any atom is 0.322 e. The van der Waals surface area contributed by atoms with Crippen LogP contribution in [0.3, 0.4) is 0 Å². The van der Waals surface area contributed by atoms with E-state index in [1.165, 1.54) is 12.7 Å². The molecule has 0 spiro atoms. The van der Waals surface area contributed by atoms with E-state index >= 15 is 0 Å². The number of hydrazine groups is 1. The van der Waals surface area contributed by atoms with Crippen molar-refractivity contribution >= 4 is 11.9 Å². The van der Waals surface area contributed by atoms with Crippen molar-refractivity contribution in [3.05, 3.63) is 35.4 Å². The van der Waals surface area contributed by atoms with Crippen molar-refractivity contribution in [2.24, 2.45) is 5.84 Å². The van der Waals surface area contributed by atoms with Crippen LogP contribution in [0.15, 0.2) is 24.3 Å². The van der Waals surface area contributed by atoms with E-state index in [-0.39, 0.29) is 12.0 Å². The molecule has 0 aliphatic heterocycles. The second kappa shape index (κ2) is 5.96. The zero-order chi connectivity index (χ0) is 13.7. The molecule has 0 unspecified atom stereocenters. The summed E-state index contributed by atoms with van der Waals surface area (Å²) in [6.45, 7) is 2.66. The summed E-state index contributed by atoms with van der Waals surface area (Å²) in [5.74, 6) is 5.93. The lowest BCUT2D eigenvalue weighted by Crippen LogP contribution is -2.14. The van der Waals surface area contributed by atoms with Crippen LogP contribution >= 0.6 is 0 Å². The van der Waals surface area contributed by atoms with E-state index < -0.39 is 0 Å². The second-order valence-electron chi connectivity index (χ2n) is 3.95. The fourth-order valence-corrected chi connectivity index (χ4v) is 1.48. The lowest BCUT2D eigenvalue weighted by Gasteiger charge is -2.08. The van der Waals surface area contributed by atoms with Crippen molar-refractivity contribution in [3.63, 3.8) is 0 Å². The van der Waals surface area contributed by atoms with E-state index in [2.05, 4.69) is 37.8 Å². The number of benzene rings is 1. The predicted octanol–water partition coefficient (Wildman–Crippen LogP) is 1.09. The summed E-state index contributed by atoms with van der Waals surface area (Å²) in [6, 6.07) is 8.40. The highest BCUT2D eigenvalue weighted by Crippen LogP contribution is 2.11. The average Bonchev–Trinajstić information content (AvgIpc) is 2.46. The molecule has 7 nitrogen and oxygen atoms in total. The van der Waals surface area contributed by atoms with Gasteiger partial charge < -0.3 is 10.1 Å². The van der Waals surface area contributed by atoms with Gasteiger partial charge in [0.05, 0.1) is 7.11 Å². The molecule has 0 aliphatic carbocycles. The van der Waals surface area contributed by atoms with Gasteiger partial charge in [0.15, 0.2) is 0 Å². The predicted molar refractivity (Wildman–Crippen MR) is 72.7 cm³/mol. The summed E-state index contributed by atoms with van der Waals surface area (Å²) in [5, 5.41) is 3.09. The van der Waals surface area contributed by atoms with Crippen molar-refractivity contribution in [2.45, 2.75) is 13.5 Å². The van der Waals surface area contributed by atoms with E-state index in [0.29, 0.717) is 12.5 Å². The first-order chi connectivity index (χ1) is 9.21. The van der Waals surface area contributed by atoms with Crippen LogP contribution in [0.2, 0.25) is 0 Å². The van der Waals surface area contributed by atoms with Crippen molar-refractivity contribution in [2.75, 3.05) is 17.9 Å². The normalized spacial score (nSPS) is 10.1. The molecule has 1 heterocycles. The topological polar surface area (TPSA) is 98.0 Å². The number of ether oxygens (including phenoxy) is 1. The number of aryl methyl sites for hydroxylation is 1. The molecule has 0 radical (unpaired) electrons. The van der Waals surface area contributed by atoms with E-state index in [4.69, 9.17) is 10.6 Å². The van der Waals surface area contributed by atoms with Gasteiger partial charge in [-0.05, 0) is 12.5 Å². The number of nitrogens with zero attached hydrogens (tertiary/aromatic N) is 3. The van der Waals surface area contributed by atoms with Gasteiger partial charge in [-0.1, -0.05) is 29.8 Å². The third kappa shape index (κ3) is 3.52. The number of nitrogen functional groups attached to an aromatic ring is 1. The maximum absolute atomic E-state index is 5.28. The minimum atomic E-state index is 0.203. The quantitative estimate of drug-likeness (QED) is 0.546. The van der Waals surface area contributed by atoms with E-state index in [1.54, 1.807) is 0 Å². The third-order valence-corrected chi connectivity index (χ3v) is 2.50. The number of hydrogen-bond acceptors (Lipinski definition) is 7. The molecule has 0 saturated carbocycles. The maximum atomic E-state index is 5.28. The summed E-state index contributed by atoms with van der Waals surface area (Å²) >= 11 is 0. The Morgan fingerprint density at radius 2 is 1.79 bits per heavy atom. The number of hydrogen-bond donors (Lipinski definition) is 3. The van der Waals surface area contributed by atoms with Gasteiger partial charge in [-0.15, -0.1) is 0 Å².